The van der Waals surface area contributed by atoms with Crippen molar-refractivity contribution in [2.45, 2.75) is 45.4 Å². The smallest absolute Gasteiger partial charge is 0.137 e. The molecule has 0 radical (unpaired) electrons. The van der Waals surface area contributed by atoms with Crippen molar-refractivity contribution in [3.63, 3.8) is 0 Å². The lowest BCUT2D eigenvalue weighted by atomic mass is 10.0. The number of hydrogen-bond acceptors (Lipinski definition) is 4. The molecular formula is C23H29N3O2. The topological polar surface area (TPSA) is 50.4 Å². The molecule has 1 fully saturated rings. The van der Waals surface area contributed by atoms with Crippen LogP contribution in [-0.4, -0.2) is 35.1 Å². The predicted octanol–water partition coefficient (Wildman–Crippen LogP) is 5.01. The van der Waals surface area contributed by atoms with Crippen molar-refractivity contribution in [1.82, 2.24) is 14.9 Å². The summed E-state index contributed by atoms with van der Waals surface area (Å²) in [5.74, 6) is 0.921. The molecule has 2 aromatic heterocycles. The van der Waals surface area contributed by atoms with E-state index in [9.17, 15) is 0 Å². The summed E-state index contributed by atoms with van der Waals surface area (Å²) in [5, 5.41) is 1.19. The average molecular weight is 380 g/mol. The molecule has 4 rings (SSSR count). The number of benzene rings is 1. The van der Waals surface area contributed by atoms with Crippen LogP contribution in [-0.2, 0) is 11.3 Å². The van der Waals surface area contributed by atoms with Crippen LogP contribution in [0.5, 0.6) is 5.75 Å². The van der Waals surface area contributed by atoms with Crippen molar-refractivity contribution >= 4 is 11.0 Å². The molecule has 1 aliphatic rings. The van der Waals surface area contributed by atoms with Crippen LogP contribution < -0.4 is 4.74 Å². The first-order valence-corrected chi connectivity index (χ1v) is 10.2. The lowest BCUT2D eigenvalue weighted by Gasteiger charge is -2.26. The van der Waals surface area contributed by atoms with Crippen LogP contribution in [0, 0.1) is 0 Å². The van der Waals surface area contributed by atoms with Gasteiger partial charge in [0.2, 0.25) is 0 Å². The Bertz CT molecular complexity index is 913. The van der Waals surface area contributed by atoms with Crippen LogP contribution in [0.25, 0.3) is 11.0 Å². The quantitative estimate of drug-likeness (QED) is 0.627. The summed E-state index contributed by atoms with van der Waals surface area (Å²) in [4.78, 5) is 10.4. The lowest BCUT2D eigenvalue weighted by molar-refractivity contribution is 0.107. The van der Waals surface area contributed by atoms with Crippen molar-refractivity contribution in [2.24, 2.45) is 0 Å². The summed E-state index contributed by atoms with van der Waals surface area (Å²) >= 11 is 0. The van der Waals surface area contributed by atoms with Gasteiger partial charge in [-0.3, -0.25) is 4.90 Å². The van der Waals surface area contributed by atoms with Gasteiger partial charge in [-0.25, -0.2) is 4.98 Å². The van der Waals surface area contributed by atoms with Crippen molar-refractivity contribution in [2.75, 3.05) is 20.3 Å². The molecule has 1 N–H and O–H groups in total. The SMILES string of the molecule is CCOc1ccc([C@H](C)N(C)Cc2c([C@@H]3CCCO3)[nH]c3ncccc23)cc1. The third-order valence-corrected chi connectivity index (χ3v) is 5.70. The molecule has 0 amide bonds. The molecule has 148 valence electrons. The highest BCUT2D eigenvalue weighted by Gasteiger charge is 2.26. The minimum atomic E-state index is 0.151. The van der Waals surface area contributed by atoms with E-state index in [0.29, 0.717) is 6.61 Å². The van der Waals surface area contributed by atoms with Gasteiger partial charge in [0.1, 0.15) is 11.4 Å². The molecule has 0 spiro atoms. The Morgan fingerprint density at radius 3 is 2.82 bits per heavy atom. The van der Waals surface area contributed by atoms with E-state index in [-0.39, 0.29) is 12.1 Å². The van der Waals surface area contributed by atoms with Crippen molar-refractivity contribution < 1.29 is 9.47 Å². The van der Waals surface area contributed by atoms with Gasteiger partial charge < -0.3 is 14.5 Å². The standard InChI is InChI=1S/C23H29N3O2/c1-4-27-18-11-9-17(10-12-18)16(2)26(3)15-20-19-7-5-13-24-23(19)25-22(20)21-8-6-14-28-21/h5,7,9-13,16,21H,4,6,8,14-15H2,1-3H3,(H,24,25)/t16-,21-/m0/s1. The molecule has 5 nitrogen and oxygen atoms in total. The molecule has 1 saturated heterocycles. The van der Waals surface area contributed by atoms with Gasteiger partial charge in [-0.05, 0) is 69.1 Å². The Morgan fingerprint density at radius 2 is 2.11 bits per heavy atom. The van der Waals surface area contributed by atoms with Crippen LogP contribution in [0.15, 0.2) is 42.6 Å². The second-order valence-corrected chi connectivity index (χ2v) is 7.51. The van der Waals surface area contributed by atoms with Gasteiger partial charge in [0, 0.05) is 30.8 Å². The largest absolute Gasteiger partial charge is 0.494 e. The first-order chi connectivity index (χ1) is 13.7. The Labute approximate surface area is 166 Å². The van der Waals surface area contributed by atoms with Crippen molar-refractivity contribution in [3.05, 3.63) is 59.4 Å². The maximum atomic E-state index is 5.98. The van der Waals surface area contributed by atoms with Gasteiger partial charge in [0.15, 0.2) is 0 Å². The van der Waals surface area contributed by atoms with Crippen molar-refractivity contribution in [3.8, 4) is 5.75 Å². The minimum absolute atomic E-state index is 0.151. The monoisotopic (exact) mass is 379 g/mol. The van der Waals surface area contributed by atoms with Gasteiger partial charge in [-0.1, -0.05) is 12.1 Å². The average Bonchev–Trinajstić information content (AvgIpc) is 3.36. The summed E-state index contributed by atoms with van der Waals surface area (Å²) in [6.45, 7) is 6.62. The molecule has 0 saturated carbocycles. The number of nitrogens with one attached hydrogen (secondary N) is 1. The second kappa shape index (κ2) is 8.33. The van der Waals surface area contributed by atoms with Crippen LogP contribution in [0.4, 0.5) is 0 Å². The Balaban J connectivity index is 1.58. The maximum absolute atomic E-state index is 5.98. The number of H-pyrrole nitrogens is 1. The number of aromatic amines is 1. The molecule has 28 heavy (non-hydrogen) atoms. The van der Waals surface area contributed by atoms with Crippen LogP contribution >= 0.6 is 0 Å². The molecule has 0 bridgehead atoms. The van der Waals surface area contributed by atoms with Crippen LogP contribution in [0.1, 0.15) is 55.7 Å². The molecule has 0 unspecified atom stereocenters. The number of pyridine rings is 1. The number of nitrogens with zero attached hydrogens (tertiary/aromatic N) is 2. The van der Waals surface area contributed by atoms with E-state index >= 15 is 0 Å². The number of hydrogen-bond donors (Lipinski definition) is 1. The molecule has 0 aliphatic carbocycles. The second-order valence-electron chi connectivity index (χ2n) is 7.51. The van der Waals surface area contributed by atoms with E-state index in [0.717, 1.165) is 37.4 Å². The fraction of sp³-hybridized carbons (Fsp3) is 0.435. The van der Waals surface area contributed by atoms with Crippen LogP contribution in [0.2, 0.25) is 0 Å². The summed E-state index contributed by atoms with van der Waals surface area (Å²) < 4.78 is 11.5. The normalized spacial score (nSPS) is 18.1. The maximum Gasteiger partial charge on any atom is 0.137 e. The van der Waals surface area contributed by atoms with Gasteiger partial charge in [0.25, 0.3) is 0 Å². The predicted molar refractivity (Wildman–Crippen MR) is 112 cm³/mol. The Kier molecular flexibility index (Phi) is 5.64. The Morgan fingerprint density at radius 1 is 1.29 bits per heavy atom. The summed E-state index contributed by atoms with van der Waals surface area (Å²) in [6, 6.07) is 12.9. The van der Waals surface area contributed by atoms with E-state index in [1.54, 1.807) is 0 Å². The Hall–Kier alpha value is -2.37. The van der Waals surface area contributed by atoms with Gasteiger partial charge in [0.05, 0.1) is 18.4 Å². The summed E-state index contributed by atoms with van der Waals surface area (Å²) in [6.07, 6.45) is 4.18. The van der Waals surface area contributed by atoms with Gasteiger partial charge in [-0.15, -0.1) is 0 Å². The highest BCUT2D eigenvalue weighted by molar-refractivity contribution is 5.81. The molecule has 2 atom stereocenters. The first-order valence-electron chi connectivity index (χ1n) is 10.2. The summed E-state index contributed by atoms with van der Waals surface area (Å²) in [7, 11) is 2.18. The fourth-order valence-corrected chi connectivity index (χ4v) is 4.00. The molecular weight excluding hydrogens is 350 g/mol. The number of ether oxygens (including phenoxy) is 2. The van der Waals surface area contributed by atoms with E-state index in [1.165, 1.54) is 22.2 Å². The van der Waals surface area contributed by atoms with E-state index < -0.39 is 0 Å². The molecule has 1 aliphatic heterocycles. The van der Waals surface area contributed by atoms with E-state index in [1.807, 2.05) is 19.2 Å². The van der Waals surface area contributed by atoms with Crippen LogP contribution in [0.3, 0.4) is 0 Å². The molecule has 1 aromatic carbocycles. The lowest BCUT2D eigenvalue weighted by Crippen LogP contribution is -2.22. The zero-order valence-electron chi connectivity index (χ0n) is 16.9. The third-order valence-electron chi connectivity index (χ3n) is 5.70. The van der Waals surface area contributed by atoms with Crippen molar-refractivity contribution in [1.29, 1.82) is 0 Å². The highest BCUT2D eigenvalue weighted by atomic mass is 16.5. The zero-order chi connectivity index (χ0) is 19.5. The number of rotatable bonds is 7. The molecule has 3 heterocycles. The van der Waals surface area contributed by atoms with Gasteiger partial charge in [-0.2, -0.15) is 0 Å². The molecule has 5 heteroatoms. The van der Waals surface area contributed by atoms with E-state index in [4.69, 9.17) is 9.47 Å². The molecule has 3 aromatic rings. The first kappa shape index (κ1) is 19.0. The van der Waals surface area contributed by atoms with Gasteiger partial charge >= 0.3 is 0 Å². The minimum Gasteiger partial charge on any atom is -0.494 e. The number of aromatic nitrogens is 2. The summed E-state index contributed by atoms with van der Waals surface area (Å²) in [5.41, 5.74) is 4.72. The fourth-order valence-electron chi connectivity index (χ4n) is 4.00. The third kappa shape index (κ3) is 3.77. The zero-order valence-corrected chi connectivity index (χ0v) is 16.9. The number of fused-ring (bicyclic) bond motifs is 1. The van der Waals surface area contributed by atoms with E-state index in [2.05, 4.69) is 59.2 Å². The highest BCUT2D eigenvalue weighted by Crippen LogP contribution is 2.35.